The lowest BCUT2D eigenvalue weighted by Gasteiger charge is -2.42. The SMILES string of the molecule is CC.CC(=O)N1[C@H](C)CN(C)C[C@@H]1C. The van der Waals surface area contributed by atoms with Gasteiger partial charge in [-0.2, -0.15) is 0 Å². The van der Waals surface area contributed by atoms with Crippen LogP contribution in [0.25, 0.3) is 0 Å². The second-order valence-electron chi connectivity index (χ2n) is 3.85. The van der Waals surface area contributed by atoms with Gasteiger partial charge < -0.3 is 9.80 Å². The normalized spacial score (nSPS) is 28.0. The molecule has 3 heteroatoms. The predicted octanol–water partition coefficient (Wildman–Crippen LogP) is 1.58. The van der Waals surface area contributed by atoms with Crippen molar-refractivity contribution in [2.75, 3.05) is 20.1 Å². The average molecular weight is 200 g/mol. The van der Waals surface area contributed by atoms with Crippen LogP contribution >= 0.6 is 0 Å². The molecule has 0 saturated carbocycles. The van der Waals surface area contributed by atoms with E-state index in [9.17, 15) is 4.79 Å². The Morgan fingerprint density at radius 1 is 1.14 bits per heavy atom. The van der Waals surface area contributed by atoms with Crippen molar-refractivity contribution in [3.8, 4) is 0 Å². The van der Waals surface area contributed by atoms with Crippen LogP contribution in [0.2, 0.25) is 0 Å². The van der Waals surface area contributed by atoms with E-state index in [2.05, 4.69) is 25.8 Å². The maximum Gasteiger partial charge on any atom is 0.220 e. The zero-order chi connectivity index (χ0) is 11.3. The zero-order valence-electron chi connectivity index (χ0n) is 10.4. The van der Waals surface area contributed by atoms with Crippen LogP contribution < -0.4 is 0 Å². The summed E-state index contributed by atoms with van der Waals surface area (Å²) in [5.41, 5.74) is 0. The second-order valence-corrected chi connectivity index (χ2v) is 3.85. The third kappa shape index (κ3) is 3.29. The van der Waals surface area contributed by atoms with E-state index < -0.39 is 0 Å². The van der Waals surface area contributed by atoms with Gasteiger partial charge in [0.05, 0.1) is 0 Å². The number of carbonyl (C=O) groups is 1. The molecule has 0 unspecified atom stereocenters. The Bertz CT molecular complexity index is 170. The number of hydrogen-bond acceptors (Lipinski definition) is 2. The van der Waals surface area contributed by atoms with Crippen LogP contribution in [0.5, 0.6) is 0 Å². The van der Waals surface area contributed by atoms with Gasteiger partial charge in [0.2, 0.25) is 5.91 Å². The molecular formula is C11H24N2O. The monoisotopic (exact) mass is 200 g/mol. The van der Waals surface area contributed by atoms with Crippen molar-refractivity contribution in [3.63, 3.8) is 0 Å². The first kappa shape index (κ1) is 13.4. The van der Waals surface area contributed by atoms with Crippen molar-refractivity contribution in [2.24, 2.45) is 0 Å². The maximum atomic E-state index is 11.2. The molecule has 0 spiro atoms. The molecule has 0 aromatic heterocycles. The van der Waals surface area contributed by atoms with Crippen LogP contribution in [0.4, 0.5) is 0 Å². The van der Waals surface area contributed by atoms with Gasteiger partial charge in [-0.3, -0.25) is 4.79 Å². The first-order valence-electron chi connectivity index (χ1n) is 5.49. The Morgan fingerprint density at radius 2 is 1.50 bits per heavy atom. The summed E-state index contributed by atoms with van der Waals surface area (Å²) >= 11 is 0. The molecule has 0 bridgehead atoms. The molecule has 84 valence electrons. The van der Waals surface area contributed by atoms with E-state index in [4.69, 9.17) is 0 Å². The number of hydrogen-bond donors (Lipinski definition) is 0. The lowest BCUT2D eigenvalue weighted by atomic mass is 10.1. The number of piperazine rings is 1. The van der Waals surface area contributed by atoms with Crippen molar-refractivity contribution in [1.29, 1.82) is 0 Å². The molecule has 1 saturated heterocycles. The summed E-state index contributed by atoms with van der Waals surface area (Å²) in [6.45, 7) is 11.8. The minimum atomic E-state index is 0.197. The Kier molecular flexibility index (Phi) is 5.77. The Hall–Kier alpha value is -0.570. The summed E-state index contributed by atoms with van der Waals surface area (Å²) < 4.78 is 0. The highest BCUT2D eigenvalue weighted by atomic mass is 16.2. The van der Waals surface area contributed by atoms with Gasteiger partial charge in [-0.1, -0.05) is 13.8 Å². The van der Waals surface area contributed by atoms with Crippen molar-refractivity contribution in [1.82, 2.24) is 9.80 Å². The first-order chi connectivity index (χ1) is 6.52. The van der Waals surface area contributed by atoms with E-state index in [1.165, 1.54) is 0 Å². The summed E-state index contributed by atoms with van der Waals surface area (Å²) in [4.78, 5) is 15.5. The first-order valence-corrected chi connectivity index (χ1v) is 5.49. The molecule has 0 aromatic carbocycles. The van der Waals surface area contributed by atoms with Crippen molar-refractivity contribution in [2.45, 2.75) is 46.7 Å². The summed E-state index contributed by atoms with van der Waals surface area (Å²) in [6.07, 6.45) is 0. The van der Waals surface area contributed by atoms with E-state index in [0.717, 1.165) is 13.1 Å². The van der Waals surface area contributed by atoms with E-state index >= 15 is 0 Å². The third-order valence-corrected chi connectivity index (χ3v) is 2.47. The van der Waals surface area contributed by atoms with Gasteiger partial charge >= 0.3 is 0 Å². The number of rotatable bonds is 0. The molecule has 0 aliphatic carbocycles. The van der Waals surface area contributed by atoms with E-state index in [1.54, 1.807) is 6.92 Å². The van der Waals surface area contributed by atoms with Crippen LogP contribution in [0.3, 0.4) is 0 Å². The molecule has 0 N–H and O–H groups in total. The topological polar surface area (TPSA) is 23.6 Å². The standard InChI is InChI=1S/C9H18N2O.C2H6/c1-7-5-10(4)6-8(2)11(7)9(3)12;1-2/h7-8H,5-6H2,1-4H3;1-2H3/t7-,8+;. The average Bonchev–Trinajstić information content (AvgIpc) is 2.04. The largest absolute Gasteiger partial charge is 0.335 e. The molecule has 0 radical (unpaired) electrons. The highest BCUT2D eigenvalue weighted by molar-refractivity contribution is 5.74. The fourth-order valence-electron chi connectivity index (χ4n) is 2.21. The highest BCUT2D eigenvalue weighted by Crippen LogP contribution is 2.13. The molecule has 1 amide bonds. The maximum absolute atomic E-state index is 11.2. The van der Waals surface area contributed by atoms with Gasteiger partial charge in [0.25, 0.3) is 0 Å². The quantitative estimate of drug-likeness (QED) is 0.593. The molecule has 2 atom stereocenters. The molecule has 3 nitrogen and oxygen atoms in total. The van der Waals surface area contributed by atoms with Crippen LogP contribution in [-0.2, 0) is 4.79 Å². The number of nitrogens with zero attached hydrogens (tertiary/aromatic N) is 2. The lowest BCUT2D eigenvalue weighted by Crippen LogP contribution is -2.56. The Morgan fingerprint density at radius 3 is 1.79 bits per heavy atom. The van der Waals surface area contributed by atoms with Crippen LogP contribution in [0.1, 0.15) is 34.6 Å². The van der Waals surface area contributed by atoms with Crippen molar-refractivity contribution in [3.05, 3.63) is 0 Å². The number of carbonyl (C=O) groups excluding carboxylic acids is 1. The summed E-state index contributed by atoms with van der Waals surface area (Å²) in [5, 5.41) is 0. The molecule has 0 aromatic rings. The zero-order valence-corrected chi connectivity index (χ0v) is 10.4. The predicted molar refractivity (Wildman–Crippen MR) is 60.3 cm³/mol. The summed E-state index contributed by atoms with van der Waals surface area (Å²) in [7, 11) is 2.10. The van der Waals surface area contributed by atoms with Crippen LogP contribution in [-0.4, -0.2) is 47.9 Å². The van der Waals surface area contributed by atoms with E-state index in [1.807, 2.05) is 18.7 Å². The van der Waals surface area contributed by atoms with Crippen molar-refractivity contribution < 1.29 is 4.79 Å². The van der Waals surface area contributed by atoms with Crippen molar-refractivity contribution >= 4 is 5.91 Å². The van der Waals surface area contributed by atoms with Gasteiger partial charge in [-0.15, -0.1) is 0 Å². The summed E-state index contributed by atoms with van der Waals surface area (Å²) in [6, 6.07) is 0.715. The van der Waals surface area contributed by atoms with Crippen LogP contribution in [0.15, 0.2) is 0 Å². The third-order valence-electron chi connectivity index (χ3n) is 2.47. The number of amides is 1. The second kappa shape index (κ2) is 6.02. The molecule has 1 fully saturated rings. The Balaban J connectivity index is 0.000000791. The fraction of sp³-hybridized carbons (Fsp3) is 0.909. The number of likely N-dealkylation sites (N-methyl/N-ethyl adjacent to an activating group) is 1. The van der Waals surface area contributed by atoms with Gasteiger partial charge in [0, 0.05) is 32.1 Å². The minimum absolute atomic E-state index is 0.197. The van der Waals surface area contributed by atoms with Gasteiger partial charge in [0.15, 0.2) is 0 Å². The van der Waals surface area contributed by atoms with E-state index in [-0.39, 0.29) is 5.91 Å². The molecule has 1 heterocycles. The van der Waals surface area contributed by atoms with E-state index in [0.29, 0.717) is 12.1 Å². The highest BCUT2D eigenvalue weighted by Gasteiger charge is 2.28. The minimum Gasteiger partial charge on any atom is -0.335 e. The molecule has 1 aliphatic heterocycles. The van der Waals surface area contributed by atoms with Gasteiger partial charge in [-0.05, 0) is 20.9 Å². The molecule has 14 heavy (non-hydrogen) atoms. The smallest absolute Gasteiger partial charge is 0.220 e. The molecular weight excluding hydrogens is 176 g/mol. The van der Waals surface area contributed by atoms with Gasteiger partial charge in [0.1, 0.15) is 0 Å². The summed E-state index contributed by atoms with van der Waals surface area (Å²) in [5.74, 6) is 0.197. The Labute approximate surface area is 88.1 Å². The molecule has 1 rings (SSSR count). The fourth-order valence-corrected chi connectivity index (χ4v) is 2.21. The van der Waals surface area contributed by atoms with Crippen LogP contribution in [0, 0.1) is 0 Å². The molecule has 1 aliphatic rings. The van der Waals surface area contributed by atoms with Gasteiger partial charge in [-0.25, -0.2) is 0 Å². The lowest BCUT2D eigenvalue weighted by molar-refractivity contribution is -0.136.